The molecule has 0 saturated carbocycles. The van der Waals surface area contributed by atoms with Crippen LogP contribution >= 0.6 is 0 Å². The summed E-state index contributed by atoms with van der Waals surface area (Å²) < 4.78 is 2.35. The Balaban J connectivity index is 1.24. The van der Waals surface area contributed by atoms with Crippen LogP contribution in [0.15, 0.2) is 177 Å². The topological polar surface area (TPSA) is 8.17 Å². The summed E-state index contributed by atoms with van der Waals surface area (Å²) >= 11 is 0. The normalized spacial score (nSPS) is 15.0. The second-order valence-corrected chi connectivity index (χ2v) is 11.2. The molecule has 0 N–H and O–H groups in total. The van der Waals surface area contributed by atoms with Crippen LogP contribution in [0.4, 0.5) is 11.4 Å². The van der Waals surface area contributed by atoms with E-state index in [-0.39, 0.29) is 0 Å². The van der Waals surface area contributed by atoms with Crippen LogP contribution in [0.2, 0.25) is 0 Å². The van der Waals surface area contributed by atoms with Crippen molar-refractivity contribution >= 4 is 44.3 Å². The summed E-state index contributed by atoms with van der Waals surface area (Å²) in [6.45, 7) is 4.53. The number of fused-ring (bicyclic) bond motifs is 4. The molecule has 208 valence electrons. The molecule has 0 fully saturated rings. The number of benzene rings is 6. The van der Waals surface area contributed by atoms with Crippen LogP contribution in [0.3, 0.4) is 0 Å². The molecule has 1 aromatic heterocycles. The van der Waals surface area contributed by atoms with Crippen molar-refractivity contribution in [3.05, 3.63) is 188 Å². The summed E-state index contributed by atoms with van der Waals surface area (Å²) in [5, 5.41) is 2.48. The molecule has 2 heterocycles. The van der Waals surface area contributed by atoms with E-state index in [0.717, 1.165) is 39.3 Å². The first-order valence-corrected chi connectivity index (χ1v) is 15.0. The minimum Gasteiger partial charge on any atom is -0.317 e. The molecule has 0 bridgehead atoms. The maximum absolute atomic E-state index is 4.53. The quantitative estimate of drug-likeness (QED) is 0.207. The van der Waals surface area contributed by atoms with E-state index in [2.05, 4.69) is 186 Å². The van der Waals surface area contributed by atoms with Crippen molar-refractivity contribution < 1.29 is 0 Å². The van der Waals surface area contributed by atoms with Gasteiger partial charge in [-0.3, -0.25) is 0 Å². The molecule has 0 amide bonds. The highest BCUT2D eigenvalue weighted by atomic mass is 15.1. The average molecular weight is 563 g/mol. The van der Waals surface area contributed by atoms with Gasteiger partial charge in [-0.05, 0) is 88.5 Å². The lowest BCUT2D eigenvalue weighted by Crippen LogP contribution is -2.11. The number of hydrogen-bond acceptors (Lipinski definition) is 1. The van der Waals surface area contributed by atoms with Gasteiger partial charge in [0.05, 0.1) is 16.7 Å². The molecule has 0 radical (unpaired) electrons. The Morgan fingerprint density at radius 3 is 1.93 bits per heavy atom. The molecule has 0 atom stereocenters. The molecule has 8 rings (SSSR count). The molecule has 2 heteroatoms. The van der Waals surface area contributed by atoms with Gasteiger partial charge in [-0.25, -0.2) is 0 Å². The van der Waals surface area contributed by atoms with Gasteiger partial charge in [0.15, 0.2) is 0 Å². The molecule has 7 aromatic rings. The third-order valence-corrected chi connectivity index (χ3v) is 8.52. The second-order valence-electron chi connectivity index (χ2n) is 11.2. The highest BCUT2D eigenvalue weighted by Gasteiger charge is 2.17. The standard InChI is InChI=1S/C42H30N2/c1-30-28-34(33-22-25-42-39(29-33)38-17-9-11-19-41(38)44(42)36-14-6-3-7-15-36)26-27-43(40-18-10-8-16-37(30)40)35-23-20-32(21-24-35)31-12-4-2-5-13-31/h2-29H,1H2/b27-26-,34-28+. The van der Waals surface area contributed by atoms with Crippen molar-refractivity contribution in [1.29, 1.82) is 0 Å². The highest BCUT2D eigenvalue weighted by Crippen LogP contribution is 2.39. The number of anilines is 2. The van der Waals surface area contributed by atoms with Crippen molar-refractivity contribution in [3.63, 3.8) is 0 Å². The number of aromatic nitrogens is 1. The summed E-state index contributed by atoms with van der Waals surface area (Å²) in [6, 6.07) is 53.9. The fourth-order valence-electron chi connectivity index (χ4n) is 6.36. The van der Waals surface area contributed by atoms with E-state index < -0.39 is 0 Å². The van der Waals surface area contributed by atoms with E-state index >= 15 is 0 Å². The minimum atomic E-state index is 0.984. The number of hydrogen-bond donors (Lipinski definition) is 0. The Bertz CT molecular complexity index is 2220. The SMILES string of the molecule is C=C1/C=C(c2ccc3c(c2)c2ccccc2n3-c2ccccc2)\C=C/N(c2ccc(-c3ccccc3)cc2)c2ccccc21. The Hall–Kier alpha value is -5.86. The molecule has 44 heavy (non-hydrogen) atoms. The van der Waals surface area contributed by atoms with Gasteiger partial charge in [0.1, 0.15) is 0 Å². The van der Waals surface area contributed by atoms with Crippen molar-refractivity contribution in [2.75, 3.05) is 4.90 Å². The van der Waals surface area contributed by atoms with Crippen molar-refractivity contribution in [2.45, 2.75) is 0 Å². The molecule has 2 nitrogen and oxygen atoms in total. The van der Waals surface area contributed by atoms with Gasteiger partial charge in [-0.15, -0.1) is 0 Å². The van der Waals surface area contributed by atoms with Crippen molar-refractivity contribution in [3.8, 4) is 16.8 Å². The first kappa shape index (κ1) is 25.8. The smallest absolute Gasteiger partial charge is 0.0541 e. The number of para-hydroxylation sites is 3. The molecular formula is C42H30N2. The fourth-order valence-corrected chi connectivity index (χ4v) is 6.36. The lowest BCUT2D eigenvalue weighted by molar-refractivity contribution is 1.18. The molecule has 0 spiro atoms. The Morgan fingerprint density at radius 2 is 1.11 bits per heavy atom. The Morgan fingerprint density at radius 1 is 0.477 bits per heavy atom. The van der Waals surface area contributed by atoms with Crippen molar-refractivity contribution in [1.82, 2.24) is 4.57 Å². The van der Waals surface area contributed by atoms with E-state index in [1.54, 1.807) is 0 Å². The average Bonchev–Trinajstić information content (AvgIpc) is 3.42. The van der Waals surface area contributed by atoms with E-state index in [9.17, 15) is 0 Å². The summed E-state index contributed by atoms with van der Waals surface area (Å²) in [4.78, 5) is 2.27. The third kappa shape index (κ3) is 4.45. The fraction of sp³-hybridized carbons (Fsp3) is 0. The summed E-state index contributed by atoms with van der Waals surface area (Å²) in [5.74, 6) is 0. The Labute approximate surface area is 257 Å². The van der Waals surface area contributed by atoms with Gasteiger partial charge in [0, 0.05) is 33.9 Å². The molecular weight excluding hydrogens is 532 g/mol. The molecule has 6 aromatic carbocycles. The zero-order valence-electron chi connectivity index (χ0n) is 24.3. The number of allylic oxidation sites excluding steroid dienone is 4. The molecule has 1 aliphatic heterocycles. The van der Waals surface area contributed by atoms with Crippen LogP contribution in [-0.4, -0.2) is 4.57 Å². The van der Waals surface area contributed by atoms with Gasteiger partial charge in [0.25, 0.3) is 0 Å². The first-order valence-electron chi connectivity index (χ1n) is 15.0. The number of nitrogens with zero attached hydrogens (tertiary/aromatic N) is 2. The van der Waals surface area contributed by atoms with Gasteiger partial charge in [-0.2, -0.15) is 0 Å². The maximum atomic E-state index is 4.53. The van der Waals surface area contributed by atoms with Crippen LogP contribution in [0, 0.1) is 0 Å². The van der Waals surface area contributed by atoms with Crippen LogP contribution in [0.1, 0.15) is 11.1 Å². The van der Waals surface area contributed by atoms with Gasteiger partial charge < -0.3 is 9.47 Å². The van der Waals surface area contributed by atoms with Gasteiger partial charge >= 0.3 is 0 Å². The van der Waals surface area contributed by atoms with Crippen molar-refractivity contribution in [2.24, 2.45) is 0 Å². The van der Waals surface area contributed by atoms with E-state index in [1.807, 2.05) is 0 Å². The maximum Gasteiger partial charge on any atom is 0.0541 e. The van der Waals surface area contributed by atoms with Crippen LogP contribution in [-0.2, 0) is 0 Å². The predicted octanol–water partition coefficient (Wildman–Crippen LogP) is 11.2. The lowest BCUT2D eigenvalue weighted by Gasteiger charge is -2.26. The largest absolute Gasteiger partial charge is 0.317 e. The van der Waals surface area contributed by atoms with E-state index in [0.29, 0.717) is 0 Å². The van der Waals surface area contributed by atoms with Gasteiger partial charge in [0.2, 0.25) is 0 Å². The zero-order valence-corrected chi connectivity index (χ0v) is 24.3. The highest BCUT2D eigenvalue weighted by molar-refractivity contribution is 6.10. The molecule has 0 unspecified atom stereocenters. The summed E-state index contributed by atoms with van der Waals surface area (Å²) in [7, 11) is 0. The van der Waals surface area contributed by atoms with E-state index in [4.69, 9.17) is 0 Å². The monoisotopic (exact) mass is 562 g/mol. The summed E-state index contributed by atoms with van der Waals surface area (Å²) in [6.07, 6.45) is 6.61. The number of rotatable bonds is 4. The van der Waals surface area contributed by atoms with E-state index in [1.165, 1.54) is 32.9 Å². The molecule has 0 aliphatic carbocycles. The van der Waals surface area contributed by atoms with Gasteiger partial charge in [-0.1, -0.05) is 110 Å². The third-order valence-electron chi connectivity index (χ3n) is 8.52. The zero-order chi connectivity index (χ0) is 29.5. The molecule has 1 aliphatic rings. The Kier molecular flexibility index (Phi) is 6.31. The summed E-state index contributed by atoms with van der Waals surface area (Å²) in [5.41, 5.74) is 12.6. The van der Waals surface area contributed by atoms with Crippen LogP contribution < -0.4 is 4.90 Å². The second kappa shape index (κ2) is 10.8. The van der Waals surface area contributed by atoms with Crippen LogP contribution in [0.5, 0.6) is 0 Å². The minimum absolute atomic E-state index is 0.984. The molecule has 0 saturated heterocycles. The van der Waals surface area contributed by atoms with Crippen LogP contribution in [0.25, 0.3) is 49.8 Å². The predicted molar refractivity (Wildman–Crippen MR) is 187 cm³/mol. The lowest BCUT2D eigenvalue weighted by atomic mass is 9.95. The first-order chi connectivity index (χ1) is 21.7.